The van der Waals surface area contributed by atoms with Crippen LogP contribution in [0.5, 0.6) is 0 Å². The van der Waals surface area contributed by atoms with Gasteiger partial charge in [0.2, 0.25) is 0 Å². The summed E-state index contributed by atoms with van der Waals surface area (Å²) in [5.41, 5.74) is 0. The van der Waals surface area contributed by atoms with Gasteiger partial charge in [0.1, 0.15) is 5.76 Å². The SMILES string of the molecule is CCN(CC)CCNC(=O)N[C@@H](C)CCc1ccco1. The number of aryl methyl sites for hydroxylation is 1. The molecule has 0 aliphatic heterocycles. The first-order valence-electron chi connectivity index (χ1n) is 7.44. The molecule has 1 aromatic heterocycles. The number of hydrogen-bond acceptors (Lipinski definition) is 3. The third-order valence-electron chi connectivity index (χ3n) is 3.39. The minimum absolute atomic E-state index is 0.0934. The molecule has 0 radical (unpaired) electrons. The lowest BCUT2D eigenvalue weighted by Gasteiger charge is -2.19. The fourth-order valence-electron chi connectivity index (χ4n) is 2.03. The van der Waals surface area contributed by atoms with Crippen molar-refractivity contribution in [2.75, 3.05) is 26.2 Å². The number of carbonyl (C=O) groups excluding carboxylic acids is 1. The molecule has 2 amide bonds. The summed E-state index contributed by atoms with van der Waals surface area (Å²) in [4.78, 5) is 14.0. The summed E-state index contributed by atoms with van der Waals surface area (Å²) < 4.78 is 5.27. The Balaban J connectivity index is 2.11. The molecule has 0 aromatic carbocycles. The second kappa shape index (κ2) is 9.42. The topological polar surface area (TPSA) is 57.5 Å². The van der Waals surface area contributed by atoms with Crippen molar-refractivity contribution in [1.82, 2.24) is 15.5 Å². The van der Waals surface area contributed by atoms with E-state index in [4.69, 9.17) is 4.42 Å². The molecule has 0 aliphatic rings. The van der Waals surface area contributed by atoms with Crippen LogP contribution in [0.25, 0.3) is 0 Å². The van der Waals surface area contributed by atoms with E-state index >= 15 is 0 Å². The maximum Gasteiger partial charge on any atom is 0.315 e. The summed E-state index contributed by atoms with van der Waals surface area (Å²) in [6, 6.07) is 3.88. The van der Waals surface area contributed by atoms with E-state index in [2.05, 4.69) is 29.4 Å². The quantitative estimate of drug-likeness (QED) is 0.730. The van der Waals surface area contributed by atoms with Crippen LogP contribution in [-0.4, -0.2) is 43.2 Å². The average molecular weight is 281 g/mol. The molecule has 1 aromatic rings. The van der Waals surface area contributed by atoms with Crippen LogP contribution in [0.1, 0.15) is 33.0 Å². The Morgan fingerprint density at radius 1 is 1.40 bits per heavy atom. The zero-order valence-electron chi connectivity index (χ0n) is 12.8. The Bertz CT molecular complexity index is 361. The Morgan fingerprint density at radius 3 is 2.75 bits per heavy atom. The number of furan rings is 1. The van der Waals surface area contributed by atoms with Gasteiger partial charge in [-0.15, -0.1) is 0 Å². The molecular formula is C15H27N3O2. The summed E-state index contributed by atoms with van der Waals surface area (Å²) in [7, 11) is 0. The molecule has 0 unspecified atom stereocenters. The highest BCUT2D eigenvalue weighted by Crippen LogP contribution is 2.05. The van der Waals surface area contributed by atoms with Gasteiger partial charge >= 0.3 is 6.03 Å². The highest BCUT2D eigenvalue weighted by atomic mass is 16.3. The van der Waals surface area contributed by atoms with Crippen LogP contribution in [0.15, 0.2) is 22.8 Å². The lowest BCUT2D eigenvalue weighted by Crippen LogP contribution is -2.43. The largest absolute Gasteiger partial charge is 0.469 e. The average Bonchev–Trinajstić information content (AvgIpc) is 2.94. The summed E-state index contributed by atoms with van der Waals surface area (Å²) >= 11 is 0. The summed E-state index contributed by atoms with van der Waals surface area (Å²) in [5, 5.41) is 5.83. The van der Waals surface area contributed by atoms with Crippen molar-refractivity contribution in [3.63, 3.8) is 0 Å². The van der Waals surface area contributed by atoms with Crippen LogP contribution in [0.2, 0.25) is 0 Å². The van der Waals surface area contributed by atoms with Crippen LogP contribution in [0, 0.1) is 0 Å². The van der Waals surface area contributed by atoms with E-state index in [-0.39, 0.29) is 12.1 Å². The van der Waals surface area contributed by atoms with Crippen molar-refractivity contribution < 1.29 is 9.21 Å². The molecule has 0 spiro atoms. The summed E-state index contributed by atoms with van der Waals surface area (Å²) in [5.74, 6) is 0.959. The van der Waals surface area contributed by atoms with E-state index in [1.807, 2.05) is 19.1 Å². The van der Waals surface area contributed by atoms with Gasteiger partial charge in [0.05, 0.1) is 6.26 Å². The van der Waals surface area contributed by atoms with Crippen LogP contribution >= 0.6 is 0 Å². The molecule has 0 fully saturated rings. The standard InChI is InChI=1S/C15H27N3O2/c1-4-18(5-2)11-10-16-15(19)17-13(3)8-9-14-7-6-12-20-14/h6-7,12-13H,4-5,8-11H2,1-3H3,(H2,16,17,19)/t13-/m0/s1. The van der Waals surface area contributed by atoms with E-state index in [1.165, 1.54) is 0 Å². The molecule has 2 N–H and O–H groups in total. The zero-order chi connectivity index (χ0) is 14.8. The van der Waals surface area contributed by atoms with Crippen molar-refractivity contribution in [3.8, 4) is 0 Å². The molecule has 1 rings (SSSR count). The van der Waals surface area contributed by atoms with Crippen molar-refractivity contribution in [3.05, 3.63) is 24.2 Å². The van der Waals surface area contributed by atoms with Crippen molar-refractivity contribution in [2.24, 2.45) is 0 Å². The van der Waals surface area contributed by atoms with E-state index in [9.17, 15) is 4.79 Å². The van der Waals surface area contributed by atoms with E-state index < -0.39 is 0 Å². The third-order valence-corrected chi connectivity index (χ3v) is 3.39. The molecule has 5 heteroatoms. The monoisotopic (exact) mass is 281 g/mol. The number of hydrogen-bond donors (Lipinski definition) is 2. The normalized spacial score (nSPS) is 12.4. The molecule has 0 saturated carbocycles. The highest BCUT2D eigenvalue weighted by molar-refractivity contribution is 5.74. The van der Waals surface area contributed by atoms with Crippen molar-refractivity contribution in [1.29, 1.82) is 0 Å². The van der Waals surface area contributed by atoms with Crippen molar-refractivity contribution in [2.45, 2.75) is 39.7 Å². The van der Waals surface area contributed by atoms with Crippen LogP contribution < -0.4 is 10.6 Å². The van der Waals surface area contributed by atoms with Gasteiger partial charge < -0.3 is 20.0 Å². The van der Waals surface area contributed by atoms with E-state index in [1.54, 1.807) is 6.26 Å². The first kappa shape index (κ1) is 16.6. The van der Waals surface area contributed by atoms with E-state index in [0.717, 1.165) is 38.2 Å². The van der Waals surface area contributed by atoms with Gasteiger partial charge in [-0.25, -0.2) is 4.79 Å². The smallest absolute Gasteiger partial charge is 0.315 e. The molecule has 5 nitrogen and oxygen atoms in total. The fourth-order valence-corrected chi connectivity index (χ4v) is 2.03. The number of carbonyl (C=O) groups is 1. The maximum absolute atomic E-state index is 11.7. The first-order chi connectivity index (χ1) is 9.65. The predicted octanol–water partition coefficient (Wildman–Crippen LogP) is 2.24. The second-order valence-electron chi connectivity index (χ2n) is 4.95. The lowest BCUT2D eigenvalue weighted by atomic mass is 10.1. The maximum atomic E-state index is 11.7. The molecule has 1 heterocycles. The number of urea groups is 1. The van der Waals surface area contributed by atoms with E-state index in [0.29, 0.717) is 6.54 Å². The number of nitrogens with one attached hydrogen (secondary N) is 2. The minimum Gasteiger partial charge on any atom is -0.469 e. The minimum atomic E-state index is -0.0934. The molecule has 0 bridgehead atoms. The van der Waals surface area contributed by atoms with Gasteiger partial charge in [0.15, 0.2) is 0 Å². The van der Waals surface area contributed by atoms with Gasteiger partial charge in [-0.3, -0.25) is 0 Å². The number of rotatable bonds is 9. The lowest BCUT2D eigenvalue weighted by molar-refractivity contribution is 0.233. The fraction of sp³-hybridized carbons (Fsp3) is 0.667. The molecular weight excluding hydrogens is 254 g/mol. The predicted molar refractivity (Wildman–Crippen MR) is 80.8 cm³/mol. The second-order valence-corrected chi connectivity index (χ2v) is 4.95. The number of likely N-dealkylation sites (N-methyl/N-ethyl adjacent to an activating group) is 1. The summed E-state index contributed by atoms with van der Waals surface area (Å²) in [6.45, 7) is 9.85. The molecule has 20 heavy (non-hydrogen) atoms. The van der Waals surface area contributed by atoms with Crippen LogP contribution in [0.3, 0.4) is 0 Å². The Morgan fingerprint density at radius 2 is 2.15 bits per heavy atom. The summed E-state index contributed by atoms with van der Waals surface area (Å²) in [6.07, 6.45) is 3.39. The highest BCUT2D eigenvalue weighted by Gasteiger charge is 2.08. The van der Waals surface area contributed by atoms with Gasteiger partial charge in [0, 0.05) is 25.6 Å². The van der Waals surface area contributed by atoms with Gasteiger partial charge in [-0.05, 0) is 38.6 Å². The molecule has 0 saturated heterocycles. The van der Waals surface area contributed by atoms with Gasteiger partial charge in [-0.2, -0.15) is 0 Å². The molecule has 0 aliphatic carbocycles. The number of nitrogens with zero attached hydrogens (tertiary/aromatic N) is 1. The Kier molecular flexibility index (Phi) is 7.80. The Hall–Kier alpha value is -1.49. The zero-order valence-corrected chi connectivity index (χ0v) is 12.8. The van der Waals surface area contributed by atoms with Crippen molar-refractivity contribution >= 4 is 6.03 Å². The van der Waals surface area contributed by atoms with Crippen LogP contribution in [-0.2, 0) is 6.42 Å². The first-order valence-corrected chi connectivity index (χ1v) is 7.44. The van der Waals surface area contributed by atoms with Gasteiger partial charge in [-0.1, -0.05) is 13.8 Å². The molecule has 114 valence electrons. The Labute approximate surface area is 121 Å². The van der Waals surface area contributed by atoms with Crippen LogP contribution in [0.4, 0.5) is 4.79 Å². The van der Waals surface area contributed by atoms with Gasteiger partial charge in [0.25, 0.3) is 0 Å². The molecule has 1 atom stereocenters. The third kappa shape index (κ3) is 6.61. The number of amides is 2.